The van der Waals surface area contributed by atoms with E-state index in [0.717, 1.165) is 0 Å². The van der Waals surface area contributed by atoms with Crippen LogP contribution in [0.25, 0.3) is 0 Å². The van der Waals surface area contributed by atoms with Crippen molar-refractivity contribution in [3.63, 3.8) is 0 Å². The summed E-state index contributed by atoms with van der Waals surface area (Å²) in [5.41, 5.74) is 1.00. The Hall–Kier alpha value is -1.45. The minimum Gasteiger partial charge on any atom is -0.313 e. The standard InChI is InChI=1S/C12H15FN2O2S/c1-18(16,17)6-2-5-15-9-11-7-12(13)4-3-10(11)8-14/h3-4,7,15H,2,5-6,9H2,1H3. The number of nitrogens with one attached hydrogen (secondary N) is 1. The summed E-state index contributed by atoms with van der Waals surface area (Å²) in [4.78, 5) is 0. The van der Waals surface area contributed by atoms with E-state index in [-0.39, 0.29) is 11.6 Å². The van der Waals surface area contributed by atoms with Crippen LogP contribution in [0.4, 0.5) is 4.39 Å². The Labute approximate surface area is 106 Å². The number of nitriles is 1. The fraction of sp³-hybridized carbons (Fsp3) is 0.417. The van der Waals surface area contributed by atoms with E-state index < -0.39 is 9.84 Å². The fourth-order valence-electron chi connectivity index (χ4n) is 1.50. The number of hydrogen-bond donors (Lipinski definition) is 1. The topological polar surface area (TPSA) is 70.0 Å². The zero-order valence-corrected chi connectivity index (χ0v) is 10.9. The minimum absolute atomic E-state index is 0.119. The molecule has 0 aliphatic heterocycles. The van der Waals surface area contributed by atoms with Gasteiger partial charge in [-0.25, -0.2) is 12.8 Å². The van der Waals surface area contributed by atoms with Crippen molar-refractivity contribution in [2.75, 3.05) is 18.6 Å². The number of sulfone groups is 1. The summed E-state index contributed by atoms with van der Waals surface area (Å²) in [6.45, 7) is 0.860. The molecule has 1 aromatic rings. The maximum atomic E-state index is 13.0. The molecular formula is C12H15FN2O2S. The Kier molecular flexibility index (Phi) is 5.25. The van der Waals surface area contributed by atoms with Crippen LogP contribution in [0, 0.1) is 17.1 Å². The summed E-state index contributed by atoms with van der Waals surface area (Å²) >= 11 is 0. The van der Waals surface area contributed by atoms with Crippen molar-refractivity contribution >= 4 is 9.84 Å². The molecule has 0 fully saturated rings. The van der Waals surface area contributed by atoms with E-state index in [2.05, 4.69) is 5.32 Å². The van der Waals surface area contributed by atoms with Crippen molar-refractivity contribution in [3.8, 4) is 6.07 Å². The average Bonchev–Trinajstić information content (AvgIpc) is 2.27. The summed E-state index contributed by atoms with van der Waals surface area (Å²) in [6, 6.07) is 5.97. The molecule has 0 bridgehead atoms. The van der Waals surface area contributed by atoms with Gasteiger partial charge in [-0.1, -0.05) is 0 Å². The summed E-state index contributed by atoms with van der Waals surface area (Å²) in [5.74, 6) is -0.268. The Balaban J connectivity index is 2.45. The van der Waals surface area contributed by atoms with Gasteiger partial charge in [0.15, 0.2) is 0 Å². The first kappa shape index (κ1) is 14.6. The maximum absolute atomic E-state index is 13.0. The van der Waals surface area contributed by atoms with Crippen molar-refractivity contribution in [1.82, 2.24) is 5.32 Å². The predicted octanol–water partition coefficient (Wildman–Crippen LogP) is 1.22. The van der Waals surface area contributed by atoms with Crippen LogP contribution in [0.5, 0.6) is 0 Å². The predicted molar refractivity (Wildman–Crippen MR) is 67.1 cm³/mol. The molecule has 4 nitrogen and oxygen atoms in total. The maximum Gasteiger partial charge on any atom is 0.147 e. The Bertz CT molecular complexity index is 550. The molecule has 0 amide bonds. The lowest BCUT2D eigenvalue weighted by Crippen LogP contribution is -2.18. The highest BCUT2D eigenvalue weighted by molar-refractivity contribution is 7.90. The quantitative estimate of drug-likeness (QED) is 0.789. The normalized spacial score (nSPS) is 11.2. The number of benzene rings is 1. The van der Waals surface area contributed by atoms with Crippen molar-refractivity contribution in [2.24, 2.45) is 0 Å². The third-order valence-corrected chi connectivity index (χ3v) is 3.40. The molecule has 0 unspecified atom stereocenters. The van der Waals surface area contributed by atoms with E-state index in [1.165, 1.54) is 24.5 Å². The van der Waals surface area contributed by atoms with Crippen molar-refractivity contribution in [3.05, 3.63) is 35.1 Å². The Morgan fingerprint density at radius 1 is 1.44 bits per heavy atom. The molecule has 18 heavy (non-hydrogen) atoms. The van der Waals surface area contributed by atoms with Crippen LogP contribution in [-0.4, -0.2) is 27.0 Å². The van der Waals surface area contributed by atoms with E-state index in [1.807, 2.05) is 6.07 Å². The van der Waals surface area contributed by atoms with Crippen molar-refractivity contribution in [1.29, 1.82) is 5.26 Å². The van der Waals surface area contributed by atoms with Gasteiger partial charge < -0.3 is 5.32 Å². The molecule has 0 atom stereocenters. The fourth-order valence-corrected chi connectivity index (χ4v) is 2.17. The highest BCUT2D eigenvalue weighted by Crippen LogP contribution is 2.10. The number of halogens is 1. The van der Waals surface area contributed by atoms with Crippen LogP contribution < -0.4 is 5.32 Å². The smallest absolute Gasteiger partial charge is 0.147 e. The van der Waals surface area contributed by atoms with Crippen LogP contribution in [0.2, 0.25) is 0 Å². The molecule has 0 saturated carbocycles. The van der Waals surface area contributed by atoms with Crippen LogP contribution in [0.1, 0.15) is 17.5 Å². The van der Waals surface area contributed by atoms with Crippen LogP contribution in [-0.2, 0) is 16.4 Å². The molecule has 0 aliphatic carbocycles. The first-order valence-corrected chi connectivity index (χ1v) is 7.55. The molecule has 0 heterocycles. The summed E-state index contributed by atoms with van der Waals surface area (Å²) in [6.07, 6.45) is 1.68. The Morgan fingerprint density at radius 3 is 2.78 bits per heavy atom. The monoisotopic (exact) mass is 270 g/mol. The summed E-state index contributed by atoms with van der Waals surface area (Å²) in [5, 5.41) is 11.8. The molecule has 1 rings (SSSR count). The molecule has 0 radical (unpaired) electrons. The second kappa shape index (κ2) is 6.47. The van der Waals surface area contributed by atoms with Gasteiger partial charge in [-0.2, -0.15) is 5.26 Å². The molecule has 0 aromatic heterocycles. The minimum atomic E-state index is -2.94. The molecule has 1 aromatic carbocycles. The molecule has 98 valence electrons. The lowest BCUT2D eigenvalue weighted by atomic mass is 10.1. The average molecular weight is 270 g/mol. The molecule has 0 spiro atoms. The van der Waals surface area contributed by atoms with Gasteiger partial charge in [0, 0.05) is 12.8 Å². The lowest BCUT2D eigenvalue weighted by molar-refractivity contribution is 0.593. The highest BCUT2D eigenvalue weighted by atomic mass is 32.2. The van der Waals surface area contributed by atoms with Gasteiger partial charge in [-0.05, 0) is 36.7 Å². The SMILES string of the molecule is CS(=O)(=O)CCCNCc1cc(F)ccc1C#N. The van der Waals surface area contributed by atoms with Gasteiger partial charge in [0.05, 0.1) is 17.4 Å². The molecule has 6 heteroatoms. The van der Waals surface area contributed by atoms with Gasteiger partial charge in [0.25, 0.3) is 0 Å². The summed E-state index contributed by atoms with van der Waals surface area (Å²) < 4.78 is 34.8. The van der Waals surface area contributed by atoms with Crippen LogP contribution in [0.15, 0.2) is 18.2 Å². The third kappa shape index (κ3) is 5.25. The molecule has 1 N–H and O–H groups in total. The first-order chi connectivity index (χ1) is 8.42. The van der Waals surface area contributed by atoms with Gasteiger partial charge in [0.1, 0.15) is 15.7 Å². The van der Waals surface area contributed by atoms with E-state index >= 15 is 0 Å². The van der Waals surface area contributed by atoms with Gasteiger partial charge >= 0.3 is 0 Å². The van der Waals surface area contributed by atoms with Gasteiger partial charge in [0.2, 0.25) is 0 Å². The third-order valence-electron chi connectivity index (χ3n) is 2.37. The largest absolute Gasteiger partial charge is 0.313 e. The van der Waals surface area contributed by atoms with Crippen LogP contribution in [0.3, 0.4) is 0 Å². The van der Waals surface area contributed by atoms with E-state index in [4.69, 9.17) is 5.26 Å². The second-order valence-corrected chi connectivity index (χ2v) is 6.33. The van der Waals surface area contributed by atoms with E-state index in [1.54, 1.807) is 0 Å². The lowest BCUT2D eigenvalue weighted by Gasteiger charge is -2.06. The van der Waals surface area contributed by atoms with Gasteiger partial charge in [-0.3, -0.25) is 0 Å². The van der Waals surface area contributed by atoms with Crippen molar-refractivity contribution in [2.45, 2.75) is 13.0 Å². The van der Waals surface area contributed by atoms with E-state index in [0.29, 0.717) is 30.6 Å². The van der Waals surface area contributed by atoms with Gasteiger partial charge in [-0.15, -0.1) is 0 Å². The number of hydrogen-bond acceptors (Lipinski definition) is 4. The Morgan fingerprint density at radius 2 is 2.17 bits per heavy atom. The van der Waals surface area contributed by atoms with E-state index in [9.17, 15) is 12.8 Å². The second-order valence-electron chi connectivity index (χ2n) is 4.07. The van der Waals surface area contributed by atoms with Crippen molar-refractivity contribution < 1.29 is 12.8 Å². The number of nitrogens with zero attached hydrogens (tertiary/aromatic N) is 1. The molecule has 0 saturated heterocycles. The summed E-state index contributed by atoms with van der Waals surface area (Å²) in [7, 11) is -2.94. The number of rotatable bonds is 6. The molecule has 0 aliphatic rings. The molecular weight excluding hydrogens is 255 g/mol. The first-order valence-electron chi connectivity index (χ1n) is 5.49. The highest BCUT2D eigenvalue weighted by Gasteiger charge is 2.04. The van der Waals surface area contributed by atoms with Crippen LogP contribution >= 0.6 is 0 Å². The zero-order chi connectivity index (χ0) is 13.6. The zero-order valence-electron chi connectivity index (χ0n) is 10.1.